The third-order valence-electron chi connectivity index (χ3n) is 4.52. The Balaban J connectivity index is 1.77. The summed E-state index contributed by atoms with van der Waals surface area (Å²) in [5, 5.41) is 24.2. The van der Waals surface area contributed by atoms with Crippen LogP contribution in [0.2, 0.25) is 5.02 Å². The highest BCUT2D eigenvalue weighted by atomic mass is 35.5. The zero-order valence-corrected chi connectivity index (χ0v) is 13.1. The largest absolute Gasteiger partial charge is 0.394 e. The Labute approximate surface area is 135 Å². The van der Waals surface area contributed by atoms with Crippen molar-refractivity contribution in [3.8, 4) is 0 Å². The van der Waals surface area contributed by atoms with Crippen LogP contribution in [0.4, 0.5) is 0 Å². The van der Waals surface area contributed by atoms with Crippen LogP contribution in [0.5, 0.6) is 0 Å². The fourth-order valence-electron chi connectivity index (χ4n) is 3.24. The van der Waals surface area contributed by atoms with Crippen LogP contribution in [0.15, 0.2) is 48.5 Å². The molecule has 4 heteroatoms. The first-order valence-corrected chi connectivity index (χ1v) is 7.91. The van der Waals surface area contributed by atoms with Crippen LogP contribution in [-0.4, -0.2) is 23.4 Å². The second-order valence-corrected chi connectivity index (χ2v) is 6.22. The van der Waals surface area contributed by atoms with Crippen molar-refractivity contribution >= 4 is 11.6 Å². The fraction of sp³-hybridized carbons (Fsp3) is 0.333. The van der Waals surface area contributed by atoms with E-state index in [0.717, 1.165) is 18.4 Å². The van der Waals surface area contributed by atoms with E-state index < -0.39 is 11.6 Å². The van der Waals surface area contributed by atoms with Gasteiger partial charge in [-0.25, -0.2) is 0 Å². The van der Waals surface area contributed by atoms with Gasteiger partial charge in [0.25, 0.3) is 0 Å². The summed E-state index contributed by atoms with van der Waals surface area (Å²) in [6, 6.07) is 15.4. The molecule has 1 aliphatic rings. The number of hydrogen-bond acceptors (Lipinski definition) is 3. The van der Waals surface area contributed by atoms with Gasteiger partial charge >= 0.3 is 0 Å². The van der Waals surface area contributed by atoms with Crippen molar-refractivity contribution in [1.82, 2.24) is 5.32 Å². The Morgan fingerprint density at radius 1 is 1.14 bits per heavy atom. The van der Waals surface area contributed by atoms with Crippen molar-refractivity contribution in [2.75, 3.05) is 13.2 Å². The molecule has 0 aliphatic heterocycles. The van der Waals surface area contributed by atoms with Gasteiger partial charge in [0.15, 0.2) is 0 Å². The van der Waals surface area contributed by atoms with Gasteiger partial charge in [-0.2, -0.15) is 0 Å². The lowest BCUT2D eigenvalue weighted by molar-refractivity contribution is 0.119. The van der Waals surface area contributed by atoms with Crippen LogP contribution in [0, 0.1) is 0 Å². The second kappa shape index (κ2) is 6.39. The average molecular weight is 318 g/mol. The van der Waals surface area contributed by atoms with Crippen LogP contribution in [0.25, 0.3) is 0 Å². The summed E-state index contributed by atoms with van der Waals surface area (Å²) in [5.41, 5.74) is 2.62. The number of aliphatic hydroxyl groups excluding tert-OH is 2. The molecular weight excluding hydrogens is 298 g/mol. The lowest BCUT2D eigenvalue weighted by Gasteiger charge is -2.31. The number of fused-ring (bicyclic) bond motifs is 1. The molecular formula is C18H20ClNO2. The van der Waals surface area contributed by atoms with Gasteiger partial charge in [0, 0.05) is 17.1 Å². The second-order valence-electron chi connectivity index (χ2n) is 5.82. The number of aliphatic hydroxyl groups is 2. The first-order valence-electron chi connectivity index (χ1n) is 7.53. The van der Waals surface area contributed by atoms with Gasteiger partial charge in [-0.15, -0.1) is 0 Å². The predicted octanol–water partition coefficient (Wildman–Crippen LogP) is 2.80. The standard InChI is InChI=1S/C18H20ClNO2/c19-16-8-4-2-6-14(16)17(22)11-20-18(12-21)10-9-13-5-1-3-7-15(13)18/h1-8,17,20-22H,9-12H2. The molecule has 0 saturated carbocycles. The third-order valence-corrected chi connectivity index (χ3v) is 4.87. The third kappa shape index (κ3) is 2.77. The quantitative estimate of drug-likeness (QED) is 0.795. The molecule has 1 aliphatic carbocycles. The molecule has 0 amide bonds. The SMILES string of the molecule is OCC1(NCC(O)c2ccccc2Cl)CCc2ccccc21. The molecule has 0 heterocycles. The van der Waals surface area contributed by atoms with Gasteiger partial charge < -0.3 is 15.5 Å². The van der Waals surface area contributed by atoms with Gasteiger partial charge in [-0.1, -0.05) is 54.1 Å². The van der Waals surface area contributed by atoms with E-state index in [2.05, 4.69) is 11.4 Å². The molecule has 2 unspecified atom stereocenters. The average Bonchev–Trinajstić information content (AvgIpc) is 2.93. The van der Waals surface area contributed by atoms with E-state index in [0.29, 0.717) is 17.1 Å². The summed E-state index contributed by atoms with van der Waals surface area (Å²) < 4.78 is 0. The molecule has 0 spiro atoms. The minimum absolute atomic E-state index is 0.0131. The topological polar surface area (TPSA) is 52.5 Å². The molecule has 0 aromatic heterocycles. The zero-order valence-electron chi connectivity index (χ0n) is 12.3. The van der Waals surface area contributed by atoms with E-state index in [1.807, 2.05) is 36.4 Å². The minimum atomic E-state index is -0.704. The van der Waals surface area contributed by atoms with Crippen LogP contribution < -0.4 is 5.32 Å². The Bertz CT molecular complexity index is 661. The Kier molecular flexibility index (Phi) is 4.50. The molecule has 0 fully saturated rings. The number of nitrogens with one attached hydrogen (secondary N) is 1. The summed E-state index contributed by atoms with van der Waals surface area (Å²) >= 11 is 6.13. The molecule has 3 nitrogen and oxygen atoms in total. The molecule has 3 rings (SSSR count). The fourth-order valence-corrected chi connectivity index (χ4v) is 3.50. The summed E-state index contributed by atoms with van der Waals surface area (Å²) in [6.45, 7) is 0.359. The number of hydrogen-bond donors (Lipinski definition) is 3. The molecule has 116 valence electrons. The van der Waals surface area contributed by atoms with Crippen LogP contribution in [-0.2, 0) is 12.0 Å². The molecule has 0 radical (unpaired) electrons. The van der Waals surface area contributed by atoms with E-state index in [1.54, 1.807) is 6.07 Å². The van der Waals surface area contributed by atoms with Crippen molar-refractivity contribution < 1.29 is 10.2 Å². The zero-order chi connectivity index (χ0) is 15.6. The first-order chi connectivity index (χ1) is 10.7. The highest BCUT2D eigenvalue weighted by Crippen LogP contribution is 2.37. The number of aryl methyl sites for hydroxylation is 1. The summed E-state index contributed by atoms with van der Waals surface area (Å²) in [5.74, 6) is 0. The van der Waals surface area contributed by atoms with E-state index in [9.17, 15) is 10.2 Å². The summed E-state index contributed by atoms with van der Waals surface area (Å²) in [7, 11) is 0. The van der Waals surface area contributed by atoms with Crippen molar-refractivity contribution in [3.05, 3.63) is 70.2 Å². The van der Waals surface area contributed by atoms with Gasteiger partial charge in [0.05, 0.1) is 18.2 Å². The molecule has 0 saturated heterocycles. The smallest absolute Gasteiger partial charge is 0.0929 e. The van der Waals surface area contributed by atoms with E-state index in [4.69, 9.17) is 11.6 Å². The Morgan fingerprint density at radius 3 is 2.64 bits per heavy atom. The number of rotatable bonds is 5. The van der Waals surface area contributed by atoms with Crippen molar-refractivity contribution in [3.63, 3.8) is 0 Å². The highest BCUT2D eigenvalue weighted by molar-refractivity contribution is 6.31. The van der Waals surface area contributed by atoms with E-state index in [-0.39, 0.29) is 6.61 Å². The molecule has 2 aromatic rings. The maximum absolute atomic E-state index is 10.4. The van der Waals surface area contributed by atoms with Crippen molar-refractivity contribution in [2.45, 2.75) is 24.5 Å². The molecule has 3 N–H and O–H groups in total. The Morgan fingerprint density at radius 2 is 1.86 bits per heavy atom. The Hall–Kier alpha value is -1.39. The summed E-state index contributed by atoms with van der Waals surface area (Å²) in [6.07, 6.45) is 1.06. The van der Waals surface area contributed by atoms with Crippen molar-refractivity contribution in [1.29, 1.82) is 0 Å². The van der Waals surface area contributed by atoms with Gasteiger partial charge in [-0.05, 0) is 30.0 Å². The van der Waals surface area contributed by atoms with Gasteiger partial charge in [0.1, 0.15) is 0 Å². The maximum Gasteiger partial charge on any atom is 0.0929 e. The summed E-state index contributed by atoms with van der Waals surface area (Å²) in [4.78, 5) is 0. The number of halogens is 1. The molecule has 2 atom stereocenters. The van der Waals surface area contributed by atoms with Gasteiger partial charge in [-0.3, -0.25) is 0 Å². The lowest BCUT2D eigenvalue weighted by atomic mass is 9.92. The monoisotopic (exact) mass is 317 g/mol. The molecule has 2 aromatic carbocycles. The van der Waals surface area contributed by atoms with Crippen LogP contribution >= 0.6 is 11.6 Å². The minimum Gasteiger partial charge on any atom is -0.394 e. The lowest BCUT2D eigenvalue weighted by Crippen LogP contribution is -2.45. The first kappa shape index (κ1) is 15.5. The van der Waals surface area contributed by atoms with E-state index in [1.165, 1.54) is 5.56 Å². The van der Waals surface area contributed by atoms with E-state index >= 15 is 0 Å². The highest BCUT2D eigenvalue weighted by Gasteiger charge is 2.38. The van der Waals surface area contributed by atoms with Gasteiger partial charge in [0.2, 0.25) is 0 Å². The van der Waals surface area contributed by atoms with Crippen LogP contribution in [0.1, 0.15) is 29.2 Å². The molecule has 22 heavy (non-hydrogen) atoms. The number of benzene rings is 2. The van der Waals surface area contributed by atoms with Crippen LogP contribution in [0.3, 0.4) is 0 Å². The molecule has 0 bridgehead atoms. The maximum atomic E-state index is 10.4. The predicted molar refractivity (Wildman–Crippen MR) is 87.9 cm³/mol. The van der Waals surface area contributed by atoms with Crippen molar-refractivity contribution in [2.24, 2.45) is 0 Å². The normalized spacial score (nSPS) is 21.6.